The molecule has 10 rings (SSSR count). The van der Waals surface area contributed by atoms with E-state index in [1.165, 1.54) is 11.1 Å². The van der Waals surface area contributed by atoms with E-state index < -0.39 is 18.1 Å². The van der Waals surface area contributed by atoms with Gasteiger partial charge in [-0.2, -0.15) is 18.2 Å². The van der Waals surface area contributed by atoms with Crippen molar-refractivity contribution in [3.63, 3.8) is 0 Å². The zero-order valence-corrected chi connectivity index (χ0v) is 44.2. The predicted molar refractivity (Wildman–Crippen MR) is 285 cm³/mol. The molecule has 3 aromatic heterocycles. The van der Waals surface area contributed by atoms with Gasteiger partial charge in [0.05, 0.1) is 23.6 Å². The Morgan fingerprint density at radius 3 is 2.00 bits per heavy atom. The number of ether oxygens (including phenoxy) is 1. The third-order valence-electron chi connectivity index (χ3n) is 13.0. The number of pyridine rings is 1. The van der Waals surface area contributed by atoms with Crippen LogP contribution in [0.3, 0.4) is 0 Å². The molecule has 0 amide bonds. The summed E-state index contributed by atoms with van der Waals surface area (Å²) in [6.07, 6.45) is 6.53. The number of para-hydroxylation sites is 3. The van der Waals surface area contributed by atoms with Crippen LogP contribution >= 0.6 is 0 Å². The molecule has 3 heterocycles. The van der Waals surface area contributed by atoms with Crippen molar-refractivity contribution >= 4 is 32.8 Å². The number of imidazole rings is 1. The number of rotatable bonds is 9. The number of hydrogen-bond donors (Lipinski definition) is 0. The number of fused-ring (bicyclic) bond motifs is 4. The minimum absolute atomic E-state index is 0. The minimum atomic E-state index is -0.443. The second-order valence-corrected chi connectivity index (χ2v) is 21.8. The second kappa shape index (κ2) is 18.6. The van der Waals surface area contributed by atoms with Crippen molar-refractivity contribution in [3.8, 4) is 50.9 Å². The van der Waals surface area contributed by atoms with Gasteiger partial charge in [-0.1, -0.05) is 185 Å². The average molecular weight is 1100 g/mol. The van der Waals surface area contributed by atoms with E-state index in [0.717, 1.165) is 67.3 Å². The summed E-state index contributed by atoms with van der Waals surface area (Å²) in [5.41, 5.74) is 11.4. The van der Waals surface area contributed by atoms with Crippen molar-refractivity contribution in [3.05, 3.63) is 198 Å². The van der Waals surface area contributed by atoms with Crippen LogP contribution in [0.25, 0.3) is 72.3 Å². The molecule has 0 spiro atoms. The number of benzene rings is 7. The second-order valence-electron chi connectivity index (χ2n) is 21.8. The Morgan fingerprint density at radius 2 is 1.30 bits per heavy atom. The summed E-state index contributed by atoms with van der Waals surface area (Å²) in [4.78, 5) is 4.91. The molecular formula is C64H62N4OPt-2. The fraction of sp³-hybridized carbons (Fsp3) is 0.250. The quantitative estimate of drug-likeness (QED) is 0.107. The molecule has 0 radical (unpaired) electrons. The normalized spacial score (nSPS) is 13.3. The van der Waals surface area contributed by atoms with Crippen LogP contribution in [0.2, 0.25) is 0 Å². The first-order valence-corrected chi connectivity index (χ1v) is 24.0. The van der Waals surface area contributed by atoms with Gasteiger partial charge < -0.3 is 13.9 Å². The van der Waals surface area contributed by atoms with E-state index in [9.17, 15) is 2.74 Å². The summed E-state index contributed by atoms with van der Waals surface area (Å²) in [5, 5.41) is 2.19. The zero-order valence-electron chi connectivity index (χ0n) is 46.9. The first-order chi connectivity index (χ1) is 35.0. The van der Waals surface area contributed by atoms with Gasteiger partial charge in [0, 0.05) is 44.3 Å². The Kier molecular flexibility index (Phi) is 11.3. The maximum Gasteiger partial charge on any atom is 0.268 e. The van der Waals surface area contributed by atoms with Crippen LogP contribution in [0, 0.1) is 24.4 Å². The summed E-state index contributed by atoms with van der Waals surface area (Å²) in [6, 6.07) is 46.7. The van der Waals surface area contributed by atoms with Crippen molar-refractivity contribution in [1.82, 2.24) is 14.1 Å². The summed E-state index contributed by atoms with van der Waals surface area (Å²) in [5.74, 6) is 2.32. The first kappa shape index (κ1) is 42.3. The van der Waals surface area contributed by atoms with Gasteiger partial charge in [-0.25, -0.2) is 4.98 Å². The molecule has 0 saturated heterocycles. The fourth-order valence-electron chi connectivity index (χ4n) is 9.28. The molecule has 10 aromatic rings. The topological polar surface area (TPSA) is 35.9 Å². The minimum Gasteiger partial charge on any atom is -0.510 e. The van der Waals surface area contributed by atoms with Crippen LogP contribution in [0.5, 0.6) is 11.5 Å². The molecule has 5 nitrogen and oxygen atoms in total. The van der Waals surface area contributed by atoms with Gasteiger partial charge in [-0.05, 0) is 102 Å². The van der Waals surface area contributed by atoms with Crippen molar-refractivity contribution in [2.75, 3.05) is 0 Å². The van der Waals surface area contributed by atoms with Crippen molar-refractivity contribution in [2.45, 2.75) is 98.8 Å². The third kappa shape index (κ3) is 9.41. The maximum atomic E-state index is 9.22. The molecule has 0 atom stereocenters. The van der Waals surface area contributed by atoms with Crippen LogP contribution in [0.4, 0.5) is 0 Å². The van der Waals surface area contributed by atoms with E-state index in [2.05, 4.69) is 154 Å². The number of aromatic nitrogens is 4. The van der Waals surface area contributed by atoms with E-state index in [4.69, 9.17) is 13.8 Å². The molecule has 0 N–H and O–H groups in total. The van der Waals surface area contributed by atoms with E-state index >= 15 is 0 Å². The SMILES string of the molecule is [2H]c1c([2H])c([2H])c(-c2cccc(-c3cc(C(C)(C)C)cc(C(C)(C)C)c3)c2-[n+]2[c-]n(-c3[c-]c(Oc4[c-]c5c(cc4)c4cc(CC(C)C)ccc4n5-c4cc(C(C)(C)C)ccn4)ccc3)c3ccccc32)c([2H])c1[2H].[Pt]. The molecule has 0 aliphatic rings. The van der Waals surface area contributed by atoms with E-state index in [1.54, 1.807) is 0 Å². The third-order valence-corrected chi connectivity index (χ3v) is 13.0. The van der Waals surface area contributed by atoms with Crippen molar-refractivity contribution < 1.29 is 37.2 Å². The predicted octanol–water partition coefficient (Wildman–Crippen LogP) is 16.0. The Hall–Kier alpha value is -6.55. The molecule has 0 aliphatic heterocycles. The molecule has 0 fully saturated rings. The van der Waals surface area contributed by atoms with E-state index in [0.29, 0.717) is 34.4 Å². The average Bonchev–Trinajstić information content (AvgIpc) is 3.91. The van der Waals surface area contributed by atoms with Gasteiger partial charge in [0.2, 0.25) is 0 Å². The van der Waals surface area contributed by atoms with Gasteiger partial charge in [0.15, 0.2) is 0 Å². The van der Waals surface area contributed by atoms with Crippen LogP contribution in [0.1, 0.15) is 105 Å². The van der Waals surface area contributed by atoms with Gasteiger partial charge in [0.25, 0.3) is 6.33 Å². The number of hydrogen-bond acceptors (Lipinski definition) is 2. The summed E-state index contributed by atoms with van der Waals surface area (Å²) >= 11 is 0. The Labute approximate surface area is 436 Å². The Bertz CT molecular complexity index is 3790. The zero-order chi connectivity index (χ0) is 52.8. The molecule has 0 unspecified atom stereocenters. The molecule has 0 aliphatic carbocycles. The Morgan fingerprint density at radius 1 is 0.629 bits per heavy atom. The van der Waals surface area contributed by atoms with E-state index in [1.807, 2.05) is 82.1 Å². The summed E-state index contributed by atoms with van der Waals surface area (Å²) in [6.45, 7) is 24.4. The van der Waals surface area contributed by atoms with Crippen molar-refractivity contribution in [1.29, 1.82) is 0 Å². The molecule has 7 aromatic carbocycles. The van der Waals surface area contributed by atoms with Gasteiger partial charge in [-0.3, -0.25) is 4.57 Å². The summed E-state index contributed by atoms with van der Waals surface area (Å²) < 4.78 is 57.2. The van der Waals surface area contributed by atoms with Crippen LogP contribution in [-0.4, -0.2) is 14.1 Å². The fourth-order valence-corrected chi connectivity index (χ4v) is 9.28. The first-order valence-electron chi connectivity index (χ1n) is 26.5. The molecule has 6 heteroatoms. The van der Waals surface area contributed by atoms with E-state index in [-0.39, 0.29) is 55.0 Å². The van der Waals surface area contributed by atoms with Crippen LogP contribution in [-0.2, 0) is 43.7 Å². The van der Waals surface area contributed by atoms with Crippen molar-refractivity contribution in [2.24, 2.45) is 5.92 Å². The molecular weight excluding hydrogens is 1040 g/mol. The van der Waals surface area contributed by atoms with Crippen LogP contribution < -0.4 is 9.30 Å². The smallest absolute Gasteiger partial charge is 0.268 e. The standard InChI is InChI=1S/C64H62N4O.Pt/c1-42(2)33-43-27-30-56-55(34-43)54-29-28-51(40-59(54)68(56)60-38-46(31-32-65-60)62(3,4)5)69-50-22-17-21-49(39-50)66-41-67(58-26-16-15-25-57(58)66)61-52(44-19-13-12-14-20-44)23-18-24-53(61)45-35-47(63(6,7)8)37-48(36-45)64(9,10)11;/h12-32,34-38,42H,33H2,1-11H3;/q-2;/i12D,13D,14D,19D,20D;. The van der Waals surface area contributed by atoms with Gasteiger partial charge >= 0.3 is 0 Å². The molecule has 0 bridgehead atoms. The molecule has 356 valence electrons. The maximum absolute atomic E-state index is 9.22. The van der Waals surface area contributed by atoms with Crippen LogP contribution in [0.15, 0.2) is 158 Å². The van der Waals surface area contributed by atoms with Gasteiger partial charge in [-0.15, -0.1) is 29.7 Å². The largest absolute Gasteiger partial charge is 0.510 e. The monoisotopic (exact) mass is 1100 g/mol. The van der Waals surface area contributed by atoms with Gasteiger partial charge in [0.1, 0.15) is 5.82 Å². The molecule has 0 saturated carbocycles. The summed E-state index contributed by atoms with van der Waals surface area (Å²) in [7, 11) is 0. The number of nitrogens with zero attached hydrogens (tertiary/aromatic N) is 4. The molecule has 70 heavy (non-hydrogen) atoms. The Balaban J connectivity index is 0.00000689.